The summed E-state index contributed by atoms with van der Waals surface area (Å²) in [6, 6.07) is 0. The van der Waals surface area contributed by atoms with Crippen molar-refractivity contribution in [3.63, 3.8) is 0 Å². The number of ketones is 1. The molecule has 0 fully saturated rings. The van der Waals surface area contributed by atoms with Crippen molar-refractivity contribution in [2.24, 2.45) is 0 Å². The van der Waals surface area contributed by atoms with E-state index in [1.54, 1.807) is 6.92 Å². The first-order chi connectivity index (χ1) is 3.80. The summed E-state index contributed by atoms with van der Waals surface area (Å²) < 4.78 is 0. The Balaban J connectivity index is 0.000000640. The largest absolute Gasteiger partial charge is 0.295 e. The summed E-state index contributed by atoms with van der Waals surface area (Å²) in [5.41, 5.74) is 0.796. The van der Waals surface area contributed by atoms with Crippen LogP contribution in [0, 0.1) is 6.42 Å². The molecular formula is C7H7OTl. The molecule has 0 bridgehead atoms. The fourth-order valence-corrected chi connectivity index (χ4v) is 0.609. The van der Waals surface area contributed by atoms with Gasteiger partial charge in [0.2, 0.25) is 0 Å². The van der Waals surface area contributed by atoms with Crippen molar-refractivity contribution >= 4 is 33.1 Å². The Labute approximate surface area is 75.0 Å². The van der Waals surface area contributed by atoms with Crippen LogP contribution >= 0.6 is 0 Å². The Kier molecular flexibility index (Phi) is 4.01. The molecule has 0 saturated heterocycles. The van der Waals surface area contributed by atoms with Crippen molar-refractivity contribution in [2.45, 2.75) is 6.92 Å². The number of rotatable bonds is 1. The number of hydrogen-bond acceptors (Lipinski definition) is 1. The molecule has 2 heteroatoms. The number of carbonyl (C=O) groups is 1. The molecule has 0 aromatic carbocycles. The molecule has 1 aliphatic carbocycles. The zero-order chi connectivity index (χ0) is 5.98. The van der Waals surface area contributed by atoms with Crippen molar-refractivity contribution in [1.82, 2.24) is 0 Å². The van der Waals surface area contributed by atoms with Gasteiger partial charge in [0.15, 0.2) is 5.78 Å². The van der Waals surface area contributed by atoms with E-state index >= 15 is 0 Å². The normalized spacial score (nSPS) is 14.6. The minimum atomic E-state index is 0. The minimum absolute atomic E-state index is 0. The molecule has 0 unspecified atom stereocenters. The molecule has 0 atom stereocenters. The first-order valence-corrected chi connectivity index (χ1v) is 2.53. The van der Waals surface area contributed by atoms with E-state index in [2.05, 4.69) is 0 Å². The fourth-order valence-electron chi connectivity index (χ4n) is 0.609. The Bertz CT molecular complexity index is 168. The predicted octanol–water partition coefficient (Wildman–Crippen LogP) is 0.895. The molecule has 2 radical (unpaired) electrons. The van der Waals surface area contributed by atoms with E-state index < -0.39 is 0 Å². The molecule has 0 N–H and O–H groups in total. The summed E-state index contributed by atoms with van der Waals surface area (Å²) in [4.78, 5) is 10.5. The Morgan fingerprint density at radius 1 is 1.56 bits per heavy atom. The first kappa shape index (κ1) is 9.07. The Hall–Kier alpha value is 0.0721. The van der Waals surface area contributed by atoms with Gasteiger partial charge >= 0.3 is 0 Å². The van der Waals surface area contributed by atoms with Crippen LogP contribution in [0.15, 0.2) is 23.8 Å². The molecule has 0 saturated carbocycles. The Morgan fingerprint density at radius 2 is 2.22 bits per heavy atom. The van der Waals surface area contributed by atoms with Crippen LogP contribution in [-0.2, 0) is 4.79 Å². The smallest absolute Gasteiger partial charge is 0.159 e. The SMILES string of the molecule is CC(=O)C1=C[CH]C=C1.[Tl]. The molecule has 0 amide bonds. The quantitative estimate of drug-likeness (QED) is 0.658. The molecular weight excluding hydrogens is 304 g/mol. The zero-order valence-electron chi connectivity index (χ0n) is 5.29. The molecule has 1 rings (SSSR count). The van der Waals surface area contributed by atoms with Crippen LogP contribution in [0.25, 0.3) is 0 Å². The zero-order valence-corrected chi connectivity index (χ0v) is 9.78. The summed E-state index contributed by atoms with van der Waals surface area (Å²) in [5, 5.41) is 0. The standard InChI is InChI=1S/C7H7O.Tl/c1-6(8)7-4-2-3-5-7;/h2-5H,1H3;. The minimum Gasteiger partial charge on any atom is -0.295 e. The van der Waals surface area contributed by atoms with E-state index in [4.69, 9.17) is 0 Å². The molecule has 1 aliphatic rings. The van der Waals surface area contributed by atoms with Gasteiger partial charge in [-0.3, -0.25) is 4.79 Å². The van der Waals surface area contributed by atoms with Crippen LogP contribution in [0.4, 0.5) is 0 Å². The van der Waals surface area contributed by atoms with Crippen LogP contribution in [0.1, 0.15) is 6.92 Å². The summed E-state index contributed by atoms with van der Waals surface area (Å²) >= 11 is 0. The summed E-state index contributed by atoms with van der Waals surface area (Å²) in [6.45, 7) is 1.56. The second-order valence-electron chi connectivity index (χ2n) is 1.73. The van der Waals surface area contributed by atoms with E-state index in [-0.39, 0.29) is 33.1 Å². The van der Waals surface area contributed by atoms with Gasteiger partial charge in [-0.15, -0.1) is 0 Å². The van der Waals surface area contributed by atoms with E-state index in [0.717, 1.165) is 5.57 Å². The van der Waals surface area contributed by atoms with Gasteiger partial charge in [-0.05, 0) is 6.92 Å². The van der Waals surface area contributed by atoms with E-state index in [1.165, 1.54) is 0 Å². The van der Waals surface area contributed by atoms with Crippen molar-refractivity contribution in [3.8, 4) is 0 Å². The van der Waals surface area contributed by atoms with E-state index in [0.29, 0.717) is 0 Å². The molecule has 0 aromatic heterocycles. The average molecular weight is 312 g/mol. The predicted molar refractivity (Wildman–Crippen MR) is 38.0 cm³/mol. The van der Waals surface area contributed by atoms with Crippen LogP contribution in [0.2, 0.25) is 0 Å². The van der Waals surface area contributed by atoms with Crippen LogP contribution in [-0.4, -0.2) is 33.1 Å². The van der Waals surface area contributed by atoms with Gasteiger partial charge in [0.05, 0.1) is 0 Å². The van der Waals surface area contributed by atoms with Gasteiger partial charge in [0.1, 0.15) is 0 Å². The first-order valence-electron chi connectivity index (χ1n) is 2.53. The molecule has 1 nitrogen and oxygen atoms in total. The van der Waals surface area contributed by atoms with Gasteiger partial charge in [0, 0.05) is 39.3 Å². The maximum absolute atomic E-state index is 10.5. The van der Waals surface area contributed by atoms with Gasteiger partial charge in [-0.1, -0.05) is 18.2 Å². The number of Topliss-reactive ketones (excluding diaryl/α,β-unsaturated/α-hetero) is 1. The molecule has 0 spiro atoms. The third kappa shape index (κ3) is 2.43. The van der Waals surface area contributed by atoms with Crippen LogP contribution in [0.5, 0.6) is 0 Å². The third-order valence-electron chi connectivity index (χ3n) is 1.07. The summed E-state index contributed by atoms with van der Waals surface area (Å²) in [6.07, 6.45) is 7.33. The van der Waals surface area contributed by atoms with Gasteiger partial charge < -0.3 is 0 Å². The summed E-state index contributed by atoms with van der Waals surface area (Å²) in [5.74, 6) is 0.134. The van der Waals surface area contributed by atoms with E-state index in [1.807, 2.05) is 24.6 Å². The van der Waals surface area contributed by atoms with Crippen molar-refractivity contribution in [3.05, 3.63) is 30.2 Å². The van der Waals surface area contributed by atoms with Crippen molar-refractivity contribution < 1.29 is 4.79 Å². The van der Waals surface area contributed by atoms with Crippen molar-refractivity contribution in [2.75, 3.05) is 0 Å². The Morgan fingerprint density at radius 3 is 2.44 bits per heavy atom. The third-order valence-corrected chi connectivity index (χ3v) is 1.07. The summed E-state index contributed by atoms with van der Waals surface area (Å²) in [7, 11) is 0. The van der Waals surface area contributed by atoms with Gasteiger partial charge in [-0.25, -0.2) is 0 Å². The number of hydrogen-bond donors (Lipinski definition) is 0. The monoisotopic (exact) mass is 312 g/mol. The number of allylic oxidation sites excluding steroid dienone is 4. The molecule has 0 aliphatic heterocycles. The van der Waals surface area contributed by atoms with Crippen molar-refractivity contribution in [1.29, 1.82) is 0 Å². The molecule has 0 heterocycles. The van der Waals surface area contributed by atoms with Gasteiger partial charge in [0.25, 0.3) is 0 Å². The maximum Gasteiger partial charge on any atom is 0.159 e. The maximum atomic E-state index is 10.5. The molecule has 9 heavy (non-hydrogen) atoms. The topological polar surface area (TPSA) is 17.1 Å². The molecule has 44 valence electrons. The average Bonchev–Trinajstić information content (AvgIpc) is 2.12. The molecule has 0 aromatic rings. The second kappa shape index (κ2) is 3.98. The van der Waals surface area contributed by atoms with Crippen LogP contribution in [0.3, 0.4) is 0 Å². The second-order valence-corrected chi connectivity index (χ2v) is 1.73. The number of carbonyl (C=O) groups excluding carboxylic acids is 1. The van der Waals surface area contributed by atoms with E-state index in [9.17, 15) is 4.79 Å². The fraction of sp³-hybridized carbons (Fsp3) is 0.143. The van der Waals surface area contributed by atoms with Crippen LogP contribution < -0.4 is 0 Å². The van der Waals surface area contributed by atoms with Gasteiger partial charge in [-0.2, -0.15) is 0 Å².